The number of rotatable bonds is 3. The molecule has 0 aliphatic carbocycles. The molecule has 0 aromatic heterocycles. The van der Waals surface area contributed by atoms with Crippen molar-refractivity contribution in [2.45, 2.75) is 0 Å². The van der Waals surface area contributed by atoms with Gasteiger partial charge in [-0.25, -0.2) is 0 Å². The molecule has 1 aromatic carbocycles. The molecule has 1 aromatic rings. The summed E-state index contributed by atoms with van der Waals surface area (Å²) >= 11 is 5.52. The van der Waals surface area contributed by atoms with Crippen molar-refractivity contribution >= 4 is 17.2 Å². The molecule has 0 saturated carbocycles. The predicted molar refractivity (Wildman–Crippen MR) is 53.9 cm³/mol. The van der Waals surface area contributed by atoms with E-state index < -0.39 is 0 Å². The van der Waals surface area contributed by atoms with Crippen molar-refractivity contribution in [3.8, 4) is 5.75 Å². The molecule has 0 radical (unpaired) electrons. The maximum absolute atomic E-state index is 8.92. The van der Waals surface area contributed by atoms with Gasteiger partial charge in [-0.15, -0.1) is 0 Å². The number of aliphatic hydroxyl groups is 1. The van der Waals surface area contributed by atoms with Crippen LogP contribution in [0.5, 0.6) is 5.75 Å². The number of ether oxygens (including phenoxy) is 1. The summed E-state index contributed by atoms with van der Waals surface area (Å²) in [6.45, 7) is -0.0597. The zero-order valence-corrected chi connectivity index (χ0v) is 8.08. The Hall–Kier alpha value is -0.990. The lowest BCUT2D eigenvalue weighted by Gasteiger charge is -2.04. The lowest BCUT2D eigenvalue weighted by Crippen LogP contribution is -1.89. The summed E-state index contributed by atoms with van der Waals surface area (Å²) in [5.41, 5.74) is 2.98. The van der Waals surface area contributed by atoms with Gasteiger partial charge in [0.2, 0.25) is 0 Å². The van der Waals surface area contributed by atoms with Crippen LogP contribution in [0.15, 0.2) is 29.8 Å². The summed E-state index contributed by atoms with van der Waals surface area (Å²) in [5, 5.41) is 8.92. The second-order valence-corrected chi connectivity index (χ2v) is 2.74. The van der Waals surface area contributed by atoms with Gasteiger partial charge >= 0.3 is 0 Å². The Morgan fingerprint density at radius 1 is 1.46 bits per heavy atom. The average molecular weight is 199 g/mol. The number of benzene rings is 1. The first kappa shape index (κ1) is 10.1. The van der Waals surface area contributed by atoms with E-state index in [1.54, 1.807) is 7.11 Å². The van der Waals surface area contributed by atoms with Crippen molar-refractivity contribution in [2.75, 3.05) is 13.7 Å². The first-order valence-corrected chi connectivity index (χ1v) is 4.30. The van der Waals surface area contributed by atoms with Crippen LogP contribution in [-0.2, 0) is 0 Å². The van der Waals surface area contributed by atoms with Crippen LogP contribution < -0.4 is 4.74 Å². The van der Waals surface area contributed by atoms with E-state index in [1.807, 2.05) is 24.3 Å². The first-order valence-electron chi connectivity index (χ1n) is 3.86. The fourth-order valence-corrected chi connectivity index (χ4v) is 1.19. The largest absolute Gasteiger partial charge is 0.497 e. The van der Waals surface area contributed by atoms with E-state index in [1.165, 1.54) is 5.54 Å². The lowest BCUT2D eigenvalue weighted by molar-refractivity contribution is 0.350. The van der Waals surface area contributed by atoms with Crippen molar-refractivity contribution in [3.63, 3.8) is 0 Å². The van der Waals surface area contributed by atoms with E-state index in [0.29, 0.717) is 5.57 Å². The van der Waals surface area contributed by atoms with E-state index in [0.717, 1.165) is 11.3 Å². The van der Waals surface area contributed by atoms with E-state index in [-0.39, 0.29) is 6.61 Å². The lowest BCUT2D eigenvalue weighted by atomic mass is 10.1. The van der Waals surface area contributed by atoms with Gasteiger partial charge in [-0.2, -0.15) is 0 Å². The minimum absolute atomic E-state index is 0.0597. The van der Waals surface area contributed by atoms with Gasteiger partial charge in [-0.3, -0.25) is 0 Å². The van der Waals surface area contributed by atoms with Crippen molar-refractivity contribution in [1.82, 2.24) is 0 Å². The first-order chi connectivity index (χ1) is 6.31. The highest BCUT2D eigenvalue weighted by Crippen LogP contribution is 2.18. The molecule has 0 fully saturated rings. The molecule has 1 rings (SSSR count). The Morgan fingerprint density at radius 2 is 2.08 bits per heavy atom. The zero-order chi connectivity index (χ0) is 9.68. The van der Waals surface area contributed by atoms with Crippen LogP contribution in [0.3, 0.4) is 0 Å². The third-order valence-electron chi connectivity index (χ3n) is 1.76. The molecule has 0 spiro atoms. The Bertz CT molecular complexity index is 290. The molecule has 0 atom stereocenters. The fraction of sp³-hybridized carbons (Fsp3) is 0.200. The molecule has 0 aliphatic heterocycles. The van der Waals surface area contributed by atoms with Crippen LogP contribution in [-0.4, -0.2) is 18.8 Å². The quantitative estimate of drug-likeness (QED) is 0.808. The van der Waals surface area contributed by atoms with Gasteiger partial charge < -0.3 is 9.84 Å². The highest BCUT2D eigenvalue weighted by Gasteiger charge is 1.99. The summed E-state index contributed by atoms with van der Waals surface area (Å²) < 4.78 is 5.00. The van der Waals surface area contributed by atoms with Crippen LogP contribution in [0.25, 0.3) is 5.57 Å². The minimum atomic E-state index is -0.0597. The molecule has 0 saturated heterocycles. The highest BCUT2D eigenvalue weighted by molar-refractivity contribution is 6.28. The summed E-state index contributed by atoms with van der Waals surface area (Å²) in [5.74, 6) is 0.788. The van der Waals surface area contributed by atoms with Crippen molar-refractivity contribution in [3.05, 3.63) is 35.4 Å². The van der Waals surface area contributed by atoms with Crippen LogP contribution in [0, 0.1) is 0 Å². The predicted octanol–water partition coefficient (Wildman–Crippen LogP) is 2.27. The molecule has 0 unspecified atom stereocenters. The Morgan fingerprint density at radius 3 is 2.46 bits per heavy atom. The Balaban J connectivity index is 2.91. The molecule has 3 heteroatoms. The van der Waals surface area contributed by atoms with E-state index in [9.17, 15) is 0 Å². The Labute approximate surface area is 82.4 Å². The summed E-state index contributed by atoms with van der Waals surface area (Å²) in [4.78, 5) is 0. The number of aliphatic hydroxyl groups excluding tert-OH is 1. The summed E-state index contributed by atoms with van der Waals surface area (Å²) in [6, 6.07) is 7.35. The van der Waals surface area contributed by atoms with Gasteiger partial charge in [0, 0.05) is 5.54 Å². The smallest absolute Gasteiger partial charge is 0.118 e. The second-order valence-electron chi connectivity index (χ2n) is 2.52. The third kappa shape index (κ3) is 2.47. The number of methoxy groups -OCH3 is 1. The van der Waals surface area contributed by atoms with Gasteiger partial charge in [0.15, 0.2) is 0 Å². The summed E-state index contributed by atoms with van der Waals surface area (Å²) in [6.07, 6.45) is 0. The van der Waals surface area contributed by atoms with Gasteiger partial charge in [0.25, 0.3) is 0 Å². The van der Waals surface area contributed by atoms with E-state index in [2.05, 4.69) is 0 Å². The van der Waals surface area contributed by atoms with E-state index >= 15 is 0 Å². The SMILES string of the molecule is COc1ccc(C(=CCl)CO)cc1. The molecular formula is C10H11ClO2. The highest BCUT2D eigenvalue weighted by atomic mass is 35.5. The van der Waals surface area contributed by atoms with Gasteiger partial charge in [-0.1, -0.05) is 23.7 Å². The van der Waals surface area contributed by atoms with Crippen molar-refractivity contribution in [1.29, 1.82) is 0 Å². The number of halogens is 1. The van der Waals surface area contributed by atoms with Crippen LogP contribution in [0.1, 0.15) is 5.56 Å². The van der Waals surface area contributed by atoms with Crippen LogP contribution >= 0.6 is 11.6 Å². The average Bonchev–Trinajstić information content (AvgIpc) is 2.21. The normalized spacial score (nSPS) is 11.5. The fourth-order valence-electron chi connectivity index (χ4n) is 0.994. The minimum Gasteiger partial charge on any atom is -0.497 e. The molecule has 1 N–H and O–H groups in total. The molecule has 13 heavy (non-hydrogen) atoms. The maximum atomic E-state index is 8.92. The van der Waals surface area contributed by atoms with Crippen molar-refractivity contribution < 1.29 is 9.84 Å². The zero-order valence-electron chi connectivity index (χ0n) is 7.33. The van der Waals surface area contributed by atoms with Gasteiger partial charge in [0.1, 0.15) is 5.75 Å². The van der Waals surface area contributed by atoms with Gasteiger partial charge in [0.05, 0.1) is 13.7 Å². The number of hydrogen-bond acceptors (Lipinski definition) is 2. The molecule has 0 heterocycles. The topological polar surface area (TPSA) is 29.5 Å². The Kier molecular flexibility index (Phi) is 3.80. The van der Waals surface area contributed by atoms with Crippen LogP contribution in [0.2, 0.25) is 0 Å². The third-order valence-corrected chi connectivity index (χ3v) is 2.03. The van der Waals surface area contributed by atoms with Crippen molar-refractivity contribution in [2.24, 2.45) is 0 Å². The molecule has 2 nitrogen and oxygen atoms in total. The molecule has 70 valence electrons. The molecule has 0 amide bonds. The molecular weight excluding hydrogens is 188 g/mol. The number of hydrogen-bond donors (Lipinski definition) is 1. The van der Waals surface area contributed by atoms with Gasteiger partial charge in [-0.05, 0) is 23.3 Å². The standard InChI is InChI=1S/C10H11ClO2/c1-13-10-4-2-8(3-5-10)9(6-11)7-12/h2-6,12H,7H2,1H3. The molecule has 0 aliphatic rings. The van der Waals surface area contributed by atoms with Crippen LogP contribution in [0.4, 0.5) is 0 Å². The maximum Gasteiger partial charge on any atom is 0.118 e. The van der Waals surface area contributed by atoms with E-state index in [4.69, 9.17) is 21.4 Å². The molecule has 0 bridgehead atoms. The second kappa shape index (κ2) is 4.90. The monoisotopic (exact) mass is 198 g/mol. The summed E-state index contributed by atoms with van der Waals surface area (Å²) in [7, 11) is 1.61.